The van der Waals surface area contributed by atoms with Crippen LogP contribution in [0, 0.1) is 11.6 Å². The van der Waals surface area contributed by atoms with E-state index in [2.05, 4.69) is 15.5 Å². The molecule has 0 saturated heterocycles. The highest BCUT2D eigenvalue weighted by Gasteiger charge is 2.10. The number of anilines is 1. The Labute approximate surface area is 130 Å². The predicted octanol–water partition coefficient (Wildman–Crippen LogP) is 3.64. The molecule has 0 bridgehead atoms. The summed E-state index contributed by atoms with van der Waals surface area (Å²) < 4.78 is 36.9. The molecule has 0 unspecified atom stereocenters. The third-order valence-corrected chi connectivity index (χ3v) is 3.17. The lowest BCUT2D eigenvalue weighted by Gasteiger charge is -2.04. The highest BCUT2D eigenvalue weighted by atomic mass is 19.1. The largest absolute Gasteiger partial charge is 0.497 e. The molecule has 0 atom stereocenters. The highest BCUT2D eigenvalue weighted by Crippen LogP contribution is 2.22. The number of benzene rings is 2. The standard InChI is InChI=1S/C16H13F2N3O2/c1-22-12-5-2-10(3-6-12)16-21-20-15(23-16)9-19-14-7-4-11(17)8-13(14)18/h2-8,19H,9H2,1H3. The van der Waals surface area contributed by atoms with Gasteiger partial charge in [0.25, 0.3) is 0 Å². The molecule has 0 amide bonds. The van der Waals surface area contributed by atoms with Gasteiger partial charge < -0.3 is 14.5 Å². The van der Waals surface area contributed by atoms with Crippen molar-refractivity contribution in [1.82, 2.24) is 10.2 Å². The molecule has 0 aliphatic carbocycles. The molecule has 3 rings (SSSR count). The van der Waals surface area contributed by atoms with Crippen molar-refractivity contribution in [3.05, 3.63) is 60.0 Å². The number of halogens is 2. The Bertz CT molecular complexity index is 803. The van der Waals surface area contributed by atoms with Crippen LogP contribution in [-0.4, -0.2) is 17.3 Å². The minimum atomic E-state index is -0.681. The summed E-state index contributed by atoms with van der Waals surface area (Å²) in [6.07, 6.45) is 0. The molecule has 1 aromatic heterocycles. The third kappa shape index (κ3) is 3.45. The first-order valence-corrected chi connectivity index (χ1v) is 6.81. The number of ether oxygens (including phenoxy) is 1. The summed E-state index contributed by atoms with van der Waals surface area (Å²) in [5.74, 6) is 0.0537. The normalized spacial score (nSPS) is 10.6. The average molecular weight is 317 g/mol. The van der Waals surface area contributed by atoms with Crippen LogP contribution in [0.3, 0.4) is 0 Å². The molecule has 1 N–H and O–H groups in total. The smallest absolute Gasteiger partial charge is 0.247 e. The number of rotatable bonds is 5. The van der Waals surface area contributed by atoms with Gasteiger partial charge in [-0.2, -0.15) is 0 Å². The first-order chi connectivity index (χ1) is 11.2. The lowest BCUT2D eigenvalue weighted by Crippen LogP contribution is -2.02. The molecule has 2 aromatic carbocycles. The van der Waals surface area contributed by atoms with Gasteiger partial charge in [0.1, 0.15) is 17.4 Å². The third-order valence-electron chi connectivity index (χ3n) is 3.17. The second-order valence-electron chi connectivity index (χ2n) is 4.71. The fourth-order valence-electron chi connectivity index (χ4n) is 1.98. The van der Waals surface area contributed by atoms with Crippen molar-refractivity contribution in [3.63, 3.8) is 0 Å². The molecular formula is C16H13F2N3O2. The highest BCUT2D eigenvalue weighted by molar-refractivity contribution is 5.54. The van der Waals surface area contributed by atoms with Crippen LogP contribution in [0.5, 0.6) is 5.75 Å². The minimum Gasteiger partial charge on any atom is -0.497 e. The lowest BCUT2D eigenvalue weighted by atomic mass is 10.2. The Kier molecular flexibility index (Phi) is 4.18. The van der Waals surface area contributed by atoms with Crippen LogP contribution in [0.4, 0.5) is 14.5 Å². The van der Waals surface area contributed by atoms with E-state index in [-0.39, 0.29) is 12.2 Å². The Morgan fingerprint density at radius 1 is 1.09 bits per heavy atom. The van der Waals surface area contributed by atoms with Crippen LogP contribution in [-0.2, 0) is 6.54 Å². The number of aromatic nitrogens is 2. The van der Waals surface area contributed by atoms with Gasteiger partial charge in [-0.3, -0.25) is 0 Å². The maximum atomic E-state index is 13.5. The molecule has 0 fully saturated rings. The van der Waals surface area contributed by atoms with Crippen molar-refractivity contribution in [2.75, 3.05) is 12.4 Å². The van der Waals surface area contributed by atoms with Gasteiger partial charge in [-0.05, 0) is 36.4 Å². The molecular weight excluding hydrogens is 304 g/mol. The zero-order valence-corrected chi connectivity index (χ0v) is 12.2. The van der Waals surface area contributed by atoms with Crippen LogP contribution in [0.1, 0.15) is 5.89 Å². The van der Waals surface area contributed by atoms with Crippen molar-refractivity contribution < 1.29 is 17.9 Å². The molecule has 118 valence electrons. The molecule has 23 heavy (non-hydrogen) atoms. The second kappa shape index (κ2) is 6.43. The summed E-state index contributed by atoms with van der Waals surface area (Å²) in [4.78, 5) is 0. The van der Waals surface area contributed by atoms with E-state index < -0.39 is 11.6 Å². The van der Waals surface area contributed by atoms with Gasteiger partial charge in [0.05, 0.1) is 19.3 Å². The molecule has 3 aromatic rings. The van der Waals surface area contributed by atoms with Gasteiger partial charge in [-0.25, -0.2) is 8.78 Å². The van der Waals surface area contributed by atoms with Gasteiger partial charge >= 0.3 is 0 Å². The minimum absolute atomic E-state index is 0.131. The van der Waals surface area contributed by atoms with E-state index in [9.17, 15) is 8.78 Å². The summed E-state index contributed by atoms with van der Waals surface area (Å²) in [6, 6.07) is 10.4. The molecule has 0 radical (unpaired) electrons. The van der Waals surface area contributed by atoms with E-state index in [4.69, 9.17) is 9.15 Å². The van der Waals surface area contributed by atoms with E-state index >= 15 is 0 Å². The fraction of sp³-hybridized carbons (Fsp3) is 0.125. The van der Waals surface area contributed by atoms with Crippen molar-refractivity contribution in [3.8, 4) is 17.2 Å². The summed E-state index contributed by atoms with van der Waals surface area (Å²) in [5, 5.41) is 10.6. The summed E-state index contributed by atoms with van der Waals surface area (Å²) >= 11 is 0. The average Bonchev–Trinajstić information content (AvgIpc) is 3.03. The molecule has 5 nitrogen and oxygen atoms in total. The van der Waals surface area contributed by atoms with E-state index in [1.165, 1.54) is 12.1 Å². The predicted molar refractivity (Wildman–Crippen MR) is 80.0 cm³/mol. The van der Waals surface area contributed by atoms with E-state index in [0.29, 0.717) is 11.8 Å². The van der Waals surface area contributed by atoms with Crippen LogP contribution < -0.4 is 10.1 Å². The topological polar surface area (TPSA) is 60.2 Å². The molecule has 0 saturated carbocycles. The maximum absolute atomic E-state index is 13.5. The van der Waals surface area contributed by atoms with E-state index in [0.717, 1.165) is 17.4 Å². The first kappa shape index (κ1) is 15.0. The molecule has 7 heteroatoms. The number of nitrogens with one attached hydrogen (secondary N) is 1. The Balaban J connectivity index is 1.69. The summed E-state index contributed by atoms with van der Waals surface area (Å²) in [6.45, 7) is 0.131. The van der Waals surface area contributed by atoms with Gasteiger partial charge in [0.2, 0.25) is 11.8 Å². The van der Waals surface area contributed by atoms with Crippen LogP contribution >= 0.6 is 0 Å². The number of nitrogens with zero attached hydrogens (tertiary/aromatic N) is 2. The zero-order valence-electron chi connectivity index (χ0n) is 12.2. The summed E-state index contributed by atoms with van der Waals surface area (Å²) in [7, 11) is 1.58. The van der Waals surface area contributed by atoms with E-state index in [1.807, 2.05) is 0 Å². The van der Waals surface area contributed by atoms with Crippen LogP contribution in [0.15, 0.2) is 46.9 Å². The van der Waals surface area contributed by atoms with Gasteiger partial charge in [0.15, 0.2) is 0 Å². The molecule has 0 aliphatic heterocycles. The number of methoxy groups -OCH3 is 1. The van der Waals surface area contributed by atoms with E-state index in [1.54, 1.807) is 31.4 Å². The Morgan fingerprint density at radius 3 is 2.57 bits per heavy atom. The Hall–Kier alpha value is -2.96. The van der Waals surface area contributed by atoms with Crippen LogP contribution in [0.25, 0.3) is 11.5 Å². The van der Waals surface area contributed by atoms with Crippen LogP contribution in [0.2, 0.25) is 0 Å². The first-order valence-electron chi connectivity index (χ1n) is 6.81. The summed E-state index contributed by atoms with van der Waals surface area (Å²) in [5.41, 5.74) is 0.910. The maximum Gasteiger partial charge on any atom is 0.247 e. The van der Waals surface area contributed by atoms with Crippen molar-refractivity contribution in [2.45, 2.75) is 6.54 Å². The molecule has 1 heterocycles. The number of hydrogen-bond acceptors (Lipinski definition) is 5. The second-order valence-corrected chi connectivity index (χ2v) is 4.71. The van der Waals surface area contributed by atoms with Gasteiger partial charge in [-0.1, -0.05) is 0 Å². The quantitative estimate of drug-likeness (QED) is 0.778. The Morgan fingerprint density at radius 2 is 1.87 bits per heavy atom. The number of hydrogen-bond donors (Lipinski definition) is 1. The zero-order chi connectivity index (χ0) is 16.2. The van der Waals surface area contributed by atoms with Gasteiger partial charge in [0, 0.05) is 11.6 Å². The van der Waals surface area contributed by atoms with Crippen molar-refractivity contribution in [2.24, 2.45) is 0 Å². The lowest BCUT2D eigenvalue weighted by molar-refractivity contribution is 0.415. The van der Waals surface area contributed by atoms with Gasteiger partial charge in [-0.15, -0.1) is 10.2 Å². The SMILES string of the molecule is COc1ccc(-c2nnc(CNc3ccc(F)cc3F)o2)cc1. The molecule has 0 aliphatic rings. The fourth-order valence-corrected chi connectivity index (χ4v) is 1.98. The monoisotopic (exact) mass is 317 g/mol. The van der Waals surface area contributed by atoms with Crippen molar-refractivity contribution >= 4 is 5.69 Å². The van der Waals surface area contributed by atoms with Crippen molar-refractivity contribution in [1.29, 1.82) is 0 Å². The molecule has 0 spiro atoms.